The monoisotopic (exact) mass is 632 g/mol. The van der Waals surface area contributed by atoms with E-state index in [1.165, 1.54) is 18.2 Å². The van der Waals surface area contributed by atoms with E-state index in [9.17, 15) is 40.0 Å². The quantitative estimate of drug-likeness (QED) is 0.353. The Hall–Kier alpha value is -3.20. The summed E-state index contributed by atoms with van der Waals surface area (Å²) in [5.41, 5.74) is -2.06. The van der Waals surface area contributed by atoms with E-state index in [0.29, 0.717) is 31.0 Å². The van der Waals surface area contributed by atoms with E-state index in [-0.39, 0.29) is 29.5 Å². The minimum absolute atomic E-state index is 0.0116. The summed E-state index contributed by atoms with van der Waals surface area (Å²) in [7, 11) is -3.89. The van der Waals surface area contributed by atoms with Gasteiger partial charge in [0.05, 0.1) is 34.9 Å². The molecular weight excluding hydrogens is 599 g/mol. The number of aromatic nitrogens is 1. The van der Waals surface area contributed by atoms with Crippen LogP contribution < -0.4 is 20.5 Å². The first-order valence-electron chi connectivity index (χ1n) is 14.1. The number of carbonyl (C=O) groups is 1. The van der Waals surface area contributed by atoms with Gasteiger partial charge in [-0.3, -0.25) is 14.3 Å². The van der Waals surface area contributed by atoms with E-state index in [1.807, 2.05) is 4.90 Å². The van der Waals surface area contributed by atoms with Crippen LogP contribution in [0.25, 0.3) is 0 Å². The summed E-state index contributed by atoms with van der Waals surface area (Å²) in [6.07, 6.45) is -1.89. The molecule has 2 aliphatic carbocycles. The standard InChI is InChI=1S/C28H33F5N4O5S/c29-27(30)5-3-20(4-6-27)37-17-18(28(31,32)33)15-22(25(37)40)34-24(39)21-2-1-19(35-43(41,42)14-13-38)16-23(21)36-11-9-26(7-8-26)10-12-36/h1-2,15-17,20,35,38H,3-14H2,(H,34,39). The largest absolute Gasteiger partial charge is 0.417 e. The lowest BCUT2D eigenvalue weighted by molar-refractivity contribution is -0.138. The van der Waals surface area contributed by atoms with Crippen LogP contribution in [0.5, 0.6) is 0 Å². The van der Waals surface area contributed by atoms with Crippen molar-refractivity contribution in [3.63, 3.8) is 0 Å². The van der Waals surface area contributed by atoms with Crippen LogP contribution in [0.1, 0.15) is 73.3 Å². The molecule has 1 amide bonds. The summed E-state index contributed by atoms with van der Waals surface area (Å²) in [6, 6.07) is 3.71. The summed E-state index contributed by atoms with van der Waals surface area (Å²) in [6.45, 7) is 0.528. The average Bonchev–Trinajstić information content (AvgIpc) is 3.68. The highest BCUT2D eigenvalue weighted by Crippen LogP contribution is 2.54. The summed E-state index contributed by atoms with van der Waals surface area (Å²) < 4.78 is 96.5. The molecule has 3 N–H and O–H groups in total. The summed E-state index contributed by atoms with van der Waals surface area (Å²) in [4.78, 5) is 28.8. The number of rotatable bonds is 8. The fraction of sp³-hybridized carbons (Fsp3) is 0.571. The first kappa shape index (κ1) is 31.2. The number of carbonyl (C=O) groups excluding carboxylic acids is 1. The van der Waals surface area contributed by atoms with E-state index in [2.05, 4.69) is 10.0 Å². The molecule has 1 aromatic carbocycles. The fourth-order valence-corrected chi connectivity index (χ4v) is 6.74. The lowest BCUT2D eigenvalue weighted by Crippen LogP contribution is -2.36. The molecule has 0 radical (unpaired) electrons. The molecule has 43 heavy (non-hydrogen) atoms. The third kappa shape index (κ3) is 7.14. The van der Waals surface area contributed by atoms with Crippen molar-refractivity contribution >= 4 is 33.0 Å². The van der Waals surface area contributed by atoms with Gasteiger partial charge in [-0.15, -0.1) is 0 Å². The lowest BCUT2D eigenvalue weighted by atomic mass is 9.92. The van der Waals surface area contributed by atoms with Crippen molar-refractivity contribution in [1.29, 1.82) is 0 Å². The van der Waals surface area contributed by atoms with Crippen LogP contribution in [0.3, 0.4) is 0 Å². The molecule has 2 saturated carbocycles. The fourth-order valence-electron chi connectivity index (χ4n) is 5.91. The van der Waals surface area contributed by atoms with Crippen LogP contribution in [-0.4, -0.2) is 55.4 Å². The third-order valence-corrected chi connectivity index (χ3v) is 9.96. The number of nitrogens with one attached hydrogen (secondary N) is 2. The van der Waals surface area contributed by atoms with E-state index in [1.54, 1.807) is 0 Å². The molecular formula is C28H33F5N4O5S. The molecule has 3 fully saturated rings. The average molecular weight is 633 g/mol. The highest BCUT2D eigenvalue weighted by Gasteiger charge is 2.45. The maximum atomic E-state index is 13.8. The zero-order valence-electron chi connectivity index (χ0n) is 23.2. The number of alkyl halides is 5. The maximum absolute atomic E-state index is 13.8. The first-order valence-corrected chi connectivity index (χ1v) is 15.8. The van der Waals surface area contributed by atoms with Crippen molar-refractivity contribution in [2.24, 2.45) is 5.41 Å². The number of hydrogen-bond acceptors (Lipinski definition) is 6. The Kier molecular flexibility index (Phi) is 8.26. The molecule has 236 valence electrons. The molecule has 15 heteroatoms. The Labute approximate surface area is 245 Å². The summed E-state index contributed by atoms with van der Waals surface area (Å²) in [5, 5.41) is 11.4. The topological polar surface area (TPSA) is 121 Å². The summed E-state index contributed by atoms with van der Waals surface area (Å²) >= 11 is 0. The predicted molar refractivity (Wildman–Crippen MR) is 150 cm³/mol. The maximum Gasteiger partial charge on any atom is 0.417 e. The zero-order chi connectivity index (χ0) is 31.2. The van der Waals surface area contributed by atoms with Gasteiger partial charge in [0.1, 0.15) is 5.69 Å². The SMILES string of the molecule is O=C(Nc1cc(C(F)(F)F)cn(C2CCC(F)(F)CC2)c1=O)c1ccc(NS(=O)(=O)CCO)cc1N1CCC2(CC1)CC2. The molecule has 5 rings (SSSR count). The van der Waals surface area contributed by atoms with Crippen LogP contribution in [0.4, 0.5) is 39.0 Å². The van der Waals surface area contributed by atoms with Gasteiger partial charge in [0, 0.05) is 38.2 Å². The van der Waals surface area contributed by atoms with Crippen molar-refractivity contribution in [1.82, 2.24) is 4.57 Å². The van der Waals surface area contributed by atoms with Gasteiger partial charge >= 0.3 is 6.18 Å². The van der Waals surface area contributed by atoms with Crippen molar-refractivity contribution < 1.29 is 40.3 Å². The minimum Gasteiger partial charge on any atom is -0.395 e. The van der Waals surface area contributed by atoms with Gasteiger partial charge in [-0.25, -0.2) is 17.2 Å². The summed E-state index contributed by atoms with van der Waals surface area (Å²) in [5.74, 6) is -4.39. The number of aliphatic hydroxyl groups excluding tert-OH is 1. The number of pyridine rings is 1. The number of aliphatic hydroxyl groups is 1. The molecule has 9 nitrogen and oxygen atoms in total. The van der Waals surface area contributed by atoms with Crippen molar-refractivity contribution in [2.45, 2.75) is 69.5 Å². The molecule has 3 aliphatic rings. The number of amides is 1. The second kappa shape index (κ2) is 11.4. The van der Waals surface area contributed by atoms with E-state index in [0.717, 1.165) is 30.3 Å². The highest BCUT2D eigenvalue weighted by molar-refractivity contribution is 7.92. The molecule has 1 aliphatic heterocycles. The van der Waals surface area contributed by atoms with Gasteiger partial charge in [-0.1, -0.05) is 0 Å². The second-order valence-electron chi connectivity index (χ2n) is 11.8. The number of anilines is 3. The minimum atomic E-state index is -4.88. The predicted octanol–water partition coefficient (Wildman–Crippen LogP) is 4.98. The Morgan fingerprint density at radius 3 is 2.26 bits per heavy atom. The van der Waals surface area contributed by atoms with E-state index in [4.69, 9.17) is 5.11 Å². The Morgan fingerprint density at radius 2 is 1.67 bits per heavy atom. The van der Waals surface area contributed by atoms with Gasteiger partial charge < -0.3 is 19.9 Å². The molecule has 1 spiro atoms. The van der Waals surface area contributed by atoms with Gasteiger partial charge in [0.15, 0.2) is 0 Å². The second-order valence-corrected chi connectivity index (χ2v) is 13.6. The normalized spacial score (nSPS) is 20.2. The van der Waals surface area contributed by atoms with Crippen LogP contribution >= 0.6 is 0 Å². The lowest BCUT2D eigenvalue weighted by Gasteiger charge is -2.35. The highest BCUT2D eigenvalue weighted by atomic mass is 32.2. The number of sulfonamides is 1. The Balaban J connectivity index is 1.48. The van der Waals surface area contributed by atoms with Crippen LogP contribution in [0, 0.1) is 5.41 Å². The molecule has 1 aromatic heterocycles. The molecule has 0 bridgehead atoms. The Morgan fingerprint density at radius 1 is 1.02 bits per heavy atom. The van der Waals surface area contributed by atoms with Crippen molar-refractivity contribution in [3.8, 4) is 0 Å². The molecule has 2 heterocycles. The van der Waals surface area contributed by atoms with Crippen molar-refractivity contribution in [3.05, 3.63) is 51.9 Å². The Bertz CT molecular complexity index is 1540. The van der Waals surface area contributed by atoms with Crippen molar-refractivity contribution in [2.75, 3.05) is 40.4 Å². The molecule has 2 aromatic rings. The number of benzene rings is 1. The van der Waals surface area contributed by atoms with Gasteiger partial charge in [-0.2, -0.15) is 13.2 Å². The van der Waals surface area contributed by atoms with E-state index < -0.39 is 76.1 Å². The third-order valence-electron chi connectivity index (χ3n) is 8.70. The number of hydrogen-bond donors (Lipinski definition) is 3. The van der Waals surface area contributed by atoms with Crippen LogP contribution in [0.2, 0.25) is 0 Å². The molecule has 0 unspecified atom stereocenters. The smallest absolute Gasteiger partial charge is 0.395 e. The van der Waals surface area contributed by atoms with Gasteiger partial charge in [0.2, 0.25) is 15.9 Å². The number of nitrogens with zero attached hydrogens (tertiary/aromatic N) is 2. The van der Waals surface area contributed by atoms with E-state index >= 15 is 0 Å². The number of piperidine rings is 1. The number of halogens is 5. The zero-order valence-corrected chi connectivity index (χ0v) is 24.0. The molecule has 0 atom stereocenters. The van der Waals surface area contributed by atoms with Crippen LogP contribution in [0.15, 0.2) is 35.3 Å². The first-order chi connectivity index (χ1) is 20.1. The molecule has 1 saturated heterocycles. The van der Waals surface area contributed by atoms with Gasteiger partial charge in [0.25, 0.3) is 11.5 Å². The van der Waals surface area contributed by atoms with Gasteiger partial charge in [-0.05, 0) is 68.2 Å². The van der Waals surface area contributed by atoms with Crippen LogP contribution in [-0.2, 0) is 16.2 Å².